The van der Waals surface area contributed by atoms with E-state index in [4.69, 9.17) is 15.0 Å². The van der Waals surface area contributed by atoms with Crippen LogP contribution in [-0.4, -0.2) is 34.1 Å². The standard InChI is InChI=1S/C39H27N7/c1-24-12-14-34-28(20-24)26-16-18-40-22-36(26)45(34)38-10-4-8-32(43-38)30-6-3-7-31(42-30)33-9-5-11-39(44-33)46-35-15-13-25(2)21-29(35)27-17-19-41-23-37(27)46/h3-23H,1-2H3. The third-order valence-electron chi connectivity index (χ3n) is 8.65. The van der Waals surface area contributed by atoms with Gasteiger partial charge in [-0.15, -0.1) is 0 Å². The fraction of sp³-hybridized carbons (Fsp3) is 0.0513. The van der Waals surface area contributed by atoms with Crippen molar-refractivity contribution in [3.8, 4) is 34.4 Å². The lowest BCUT2D eigenvalue weighted by Crippen LogP contribution is -2.01. The molecule has 7 nitrogen and oxygen atoms in total. The monoisotopic (exact) mass is 593 g/mol. The number of aromatic nitrogens is 7. The van der Waals surface area contributed by atoms with Crippen molar-refractivity contribution in [3.63, 3.8) is 0 Å². The van der Waals surface area contributed by atoms with Crippen molar-refractivity contribution in [2.24, 2.45) is 0 Å². The molecule has 0 N–H and O–H groups in total. The molecule has 0 bridgehead atoms. The quantitative estimate of drug-likeness (QED) is 0.204. The number of fused-ring (bicyclic) bond motifs is 6. The summed E-state index contributed by atoms with van der Waals surface area (Å²) in [6, 6.07) is 35.3. The minimum atomic E-state index is 0.776. The molecule has 0 atom stereocenters. The third-order valence-corrected chi connectivity index (χ3v) is 8.65. The Balaban J connectivity index is 1.15. The minimum absolute atomic E-state index is 0.776. The van der Waals surface area contributed by atoms with Crippen LogP contribution in [-0.2, 0) is 0 Å². The van der Waals surface area contributed by atoms with E-state index in [-0.39, 0.29) is 0 Å². The van der Waals surface area contributed by atoms with E-state index in [2.05, 4.69) is 81.5 Å². The minimum Gasteiger partial charge on any atom is -0.292 e. The second-order valence-electron chi connectivity index (χ2n) is 11.7. The average Bonchev–Trinajstić information content (AvgIpc) is 3.60. The van der Waals surface area contributed by atoms with Gasteiger partial charge in [-0.25, -0.2) is 15.0 Å². The van der Waals surface area contributed by atoms with Crippen LogP contribution in [0.15, 0.2) is 128 Å². The normalized spacial score (nSPS) is 11.7. The Morgan fingerprint density at radius 3 is 1.33 bits per heavy atom. The highest BCUT2D eigenvalue weighted by atomic mass is 15.1. The Morgan fingerprint density at radius 1 is 0.413 bits per heavy atom. The molecule has 7 aromatic heterocycles. The number of benzene rings is 2. The predicted octanol–water partition coefficient (Wildman–Crippen LogP) is 8.81. The lowest BCUT2D eigenvalue weighted by Gasteiger charge is -2.11. The van der Waals surface area contributed by atoms with Gasteiger partial charge in [0.1, 0.15) is 11.6 Å². The van der Waals surface area contributed by atoms with Gasteiger partial charge in [-0.1, -0.05) is 41.5 Å². The number of hydrogen-bond donors (Lipinski definition) is 0. The van der Waals surface area contributed by atoms with Crippen LogP contribution in [0.5, 0.6) is 0 Å². The van der Waals surface area contributed by atoms with Crippen LogP contribution in [0.2, 0.25) is 0 Å². The second-order valence-corrected chi connectivity index (χ2v) is 11.7. The van der Waals surface area contributed by atoms with Crippen molar-refractivity contribution in [2.75, 3.05) is 0 Å². The summed E-state index contributed by atoms with van der Waals surface area (Å²) < 4.78 is 4.36. The molecule has 0 aliphatic carbocycles. The van der Waals surface area contributed by atoms with E-state index in [1.165, 1.54) is 21.9 Å². The zero-order valence-electron chi connectivity index (χ0n) is 25.3. The van der Waals surface area contributed by atoms with Crippen molar-refractivity contribution in [1.82, 2.24) is 34.1 Å². The van der Waals surface area contributed by atoms with Crippen LogP contribution < -0.4 is 0 Å². The van der Waals surface area contributed by atoms with Gasteiger partial charge in [0.25, 0.3) is 0 Å². The largest absolute Gasteiger partial charge is 0.292 e. The van der Waals surface area contributed by atoms with E-state index in [0.29, 0.717) is 0 Å². The fourth-order valence-corrected chi connectivity index (χ4v) is 6.56. The predicted molar refractivity (Wildman–Crippen MR) is 184 cm³/mol. The van der Waals surface area contributed by atoms with E-state index in [1.54, 1.807) is 0 Å². The van der Waals surface area contributed by atoms with Crippen LogP contribution in [0, 0.1) is 13.8 Å². The van der Waals surface area contributed by atoms with Crippen LogP contribution in [0.25, 0.3) is 78.0 Å². The Bertz CT molecular complexity index is 2450. The number of rotatable bonds is 4. The Kier molecular flexibility index (Phi) is 5.80. The first kappa shape index (κ1) is 26.2. The first-order chi connectivity index (χ1) is 22.6. The summed E-state index contributed by atoms with van der Waals surface area (Å²) in [5, 5.41) is 4.68. The summed E-state index contributed by atoms with van der Waals surface area (Å²) in [5.41, 5.74) is 9.78. The van der Waals surface area contributed by atoms with Crippen LogP contribution in [0.4, 0.5) is 0 Å². The smallest absolute Gasteiger partial charge is 0.138 e. The summed E-state index contributed by atoms with van der Waals surface area (Å²) in [6.45, 7) is 4.24. The molecular formula is C39H27N7. The Hall–Kier alpha value is -6.21. The summed E-state index contributed by atoms with van der Waals surface area (Å²) in [6.07, 6.45) is 7.50. The van der Waals surface area contributed by atoms with Gasteiger partial charge in [-0.3, -0.25) is 19.1 Å². The first-order valence-electron chi connectivity index (χ1n) is 15.2. The number of aryl methyl sites for hydroxylation is 2. The number of nitrogens with zero attached hydrogens (tertiary/aromatic N) is 7. The molecule has 9 rings (SSSR count). The van der Waals surface area contributed by atoms with Gasteiger partial charge < -0.3 is 0 Å². The molecule has 0 aliphatic rings. The van der Waals surface area contributed by atoms with Crippen molar-refractivity contribution >= 4 is 43.6 Å². The third kappa shape index (κ3) is 4.09. The Morgan fingerprint density at radius 2 is 0.848 bits per heavy atom. The molecule has 0 radical (unpaired) electrons. The van der Waals surface area contributed by atoms with Crippen molar-refractivity contribution in [2.45, 2.75) is 13.8 Å². The van der Waals surface area contributed by atoms with E-state index < -0.39 is 0 Å². The van der Waals surface area contributed by atoms with Gasteiger partial charge in [0.2, 0.25) is 0 Å². The van der Waals surface area contributed by atoms with Gasteiger partial charge in [-0.05, 0) is 86.6 Å². The summed E-state index contributed by atoms with van der Waals surface area (Å²) in [4.78, 5) is 24.2. The fourth-order valence-electron chi connectivity index (χ4n) is 6.56. The topological polar surface area (TPSA) is 74.3 Å². The molecule has 0 amide bonds. The summed E-state index contributed by atoms with van der Waals surface area (Å²) in [7, 11) is 0. The SMILES string of the molecule is Cc1ccc2c(c1)c1ccncc1n2-c1cccc(-c2cccc(-c3cccc(-n4c5ccc(C)cc5c5ccncc54)n3)n2)n1. The highest BCUT2D eigenvalue weighted by Crippen LogP contribution is 2.34. The number of pyridine rings is 5. The van der Waals surface area contributed by atoms with Gasteiger partial charge in [0.05, 0.1) is 57.2 Å². The molecule has 0 saturated carbocycles. The van der Waals surface area contributed by atoms with Gasteiger partial charge in [0.15, 0.2) is 0 Å². The molecule has 7 heterocycles. The molecule has 0 saturated heterocycles. The molecule has 46 heavy (non-hydrogen) atoms. The lowest BCUT2D eigenvalue weighted by molar-refractivity contribution is 1.06. The molecule has 2 aromatic carbocycles. The van der Waals surface area contributed by atoms with E-state index in [1.807, 2.05) is 79.4 Å². The van der Waals surface area contributed by atoms with E-state index in [0.717, 1.165) is 67.3 Å². The van der Waals surface area contributed by atoms with Crippen molar-refractivity contribution in [1.29, 1.82) is 0 Å². The molecule has 9 aromatic rings. The Labute approximate surface area is 264 Å². The average molecular weight is 594 g/mol. The molecule has 0 spiro atoms. The maximum atomic E-state index is 5.12. The van der Waals surface area contributed by atoms with E-state index in [9.17, 15) is 0 Å². The van der Waals surface area contributed by atoms with Crippen LogP contribution >= 0.6 is 0 Å². The molecule has 0 aliphatic heterocycles. The molecule has 218 valence electrons. The molecule has 0 fully saturated rings. The molecular weight excluding hydrogens is 566 g/mol. The zero-order chi connectivity index (χ0) is 30.8. The van der Waals surface area contributed by atoms with Crippen molar-refractivity contribution < 1.29 is 0 Å². The van der Waals surface area contributed by atoms with Crippen LogP contribution in [0.3, 0.4) is 0 Å². The van der Waals surface area contributed by atoms with Gasteiger partial charge in [0, 0.05) is 33.9 Å². The molecule has 0 unspecified atom stereocenters. The zero-order valence-corrected chi connectivity index (χ0v) is 25.3. The number of hydrogen-bond acceptors (Lipinski definition) is 5. The van der Waals surface area contributed by atoms with E-state index >= 15 is 0 Å². The van der Waals surface area contributed by atoms with Gasteiger partial charge >= 0.3 is 0 Å². The van der Waals surface area contributed by atoms with Crippen LogP contribution in [0.1, 0.15) is 11.1 Å². The highest BCUT2D eigenvalue weighted by Gasteiger charge is 2.16. The summed E-state index contributed by atoms with van der Waals surface area (Å²) >= 11 is 0. The van der Waals surface area contributed by atoms with Gasteiger partial charge in [-0.2, -0.15) is 0 Å². The first-order valence-corrected chi connectivity index (χ1v) is 15.2. The maximum absolute atomic E-state index is 5.12. The summed E-state index contributed by atoms with van der Waals surface area (Å²) in [5.74, 6) is 1.63. The second kappa shape index (κ2) is 10.2. The lowest BCUT2D eigenvalue weighted by atomic mass is 10.1. The maximum Gasteiger partial charge on any atom is 0.138 e. The van der Waals surface area contributed by atoms with Crippen molar-refractivity contribution in [3.05, 3.63) is 139 Å². The molecule has 7 heteroatoms. The highest BCUT2D eigenvalue weighted by molar-refractivity contribution is 6.10.